The van der Waals surface area contributed by atoms with E-state index in [2.05, 4.69) is 0 Å². The van der Waals surface area contributed by atoms with E-state index in [9.17, 15) is 17.6 Å². The average molecular weight is 481 g/mol. The summed E-state index contributed by atoms with van der Waals surface area (Å²) >= 11 is 0. The minimum absolute atomic E-state index is 0.0250. The molecule has 0 saturated heterocycles. The van der Waals surface area contributed by atoms with Crippen molar-refractivity contribution in [3.63, 3.8) is 0 Å². The first-order chi connectivity index (χ1) is 15.3. The minimum atomic E-state index is -4.25. The maximum Gasteiger partial charge on any atom is 0.339 e. The Hall–Kier alpha value is -2.65. The van der Waals surface area contributed by atoms with Crippen molar-refractivity contribution in [2.24, 2.45) is 5.41 Å². The summed E-state index contributed by atoms with van der Waals surface area (Å²) in [5, 5.41) is 0. The van der Waals surface area contributed by atoms with Gasteiger partial charge in [-0.15, -0.1) is 0 Å². The Kier molecular flexibility index (Phi) is 8.85. The van der Waals surface area contributed by atoms with Gasteiger partial charge in [0.2, 0.25) is 5.91 Å². The highest BCUT2D eigenvalue weighted by Crippen LogP contribution is 2.25. The molecule has 0 fully saturated rings. The number of hydrogen-bond acceptors (Lipinski definition) is 6. The maximum atomic E-state index is 14.0. The van der Waals surface area contributed by atoms with E-state index in [0.717, 1.165) is 11.6 Å². The number of halogens is 1. The zero-order valence-corrected chi connectivity index (χ0v) is 20.9. The summed E-state index contributed by atoms with van der Waals surface area (Å²) in [6, 6.07) is 9.84. The molecule has 0 aliphatic carbocycles. The molecule has 2 aromatic rings. The SMILES string of the molecule is COc1ccc(S(=O)(=O)Oc2cccc(CN(CCN(C)C)C(=O)CC(C)(C)C)c2)cc1F. The van der Waals surface area contributed by atoms with Crippen LogP contribution in [0.4, 0.5) is 4.39 Å². The Balaban J connectivity index is 2.22. The van der Waals surface area contributed by atoms with Crippen LogP contribution >= 0.6 is 0 Å². The normalized spacial score (nSPS) is 12.0. The van der Waals surface area contributed by atoms with Gasteiger partial charge in [-0.2, -0.15) is 8.42 Å². The van der Waals surface area contributed by atoms with Gasteiger partial charge in [0.15, 0.2) is 11.6 Å². The predicted molar refractivity (Wildman–Crippen MR) is 125 cm³/mol. The molecule has 0 saturated carbocycles. The second-order valence-electron chi connectivity index (χ2n) is 9.34. The number of nitrogens with zero attached hydrogens (tertiary/aromatic N) is 2. The van der Waals surface area contributed by atoms with Crippen LogP contribution in [-0.2, 0) is 21.5 Å². The number of rotatable bonds is 10. The molecule has 33 heavy (non-hydrogen) atoms. The molecule has 9 heteroatoms. The van der Waals surface area contributed by atoms with Crippen LogP contribution in [0.2, 0.25) is 0 Å². The number of carbonyl (C=O) groups is 1. The van der Waals surface area contributed by atoms with Gasteiger partial charge in [0.1, 0.15) is 10.6 Å². The fourth-order valence-corrected chi connectivity index (χ4v) is 4.01. The molecule has 0 heterocycles. The van der Waals surface area contributed by atoms with E-state index in [1.165, 1.54) is 25.3 Å². The van der Waals surface area contributed by atoms with Crippen molar-refractivity contribution in [3.8, 4) is 11.5 Å². The monoisotopic (exact) mass is 480 g/mol. The van der Waals surface area contributed by atoms with Gasteiger partial charge in [0.25, 0.3) is 0 Å². The highest BCUT2D eigenvalue weighted by molar-refractivity contribution is 7.87. The van der Waals surface area contributed by atoms with E-state index < -0.39 is 15.9 Å². The zero-order chi connectivity index (χ0) is 24.8. The molecule has 0 aliphatic heterocycles. The van der Waals surface area contributed by atoms with Gasteiger partial charge >= 0.3 is 10.1 Å². The van der Waals surface area contributed by atoms with Crippen LogP contribution < -0.4 is 8.92 Å². The van der Waals surface area contributed by atoms with Crippen LogP contribution in [0.3, 0.4) is 0 Å². The van der Waals surface area contributed by atoms with Crippen molar-refractivity contribution in [2.45, 2.75) is 38.6 Å². The van der Waals surface area contributed by atoms with Gasteiger partial charge < -0.3 is 18.7 Å². The number of ether oxygens (including phenoxy) is 1. The van der Waals surface area contributed by atoms with Gasteiger partial charge in [-0.05, 0) is 55.4 Å². The lowest BCUT2D eigenvalue weighted by molar-refractivity contribution is -0.133. The third-order valence-electron chi connectivity index (χ3n) is 4.74. The van der Waals surface area contributed by atoms with Gasteiger partial charge in [-0.25, -0.2) is 4.39 Å². The van der Waals surface area contributed by atoms with Crippen molar-refractivity contribution >= 4 is 16.0 Å². The number of likely N-dealkylation sites (N-methyl/N-ethyl adjacent to an activating group) is 1. The Morgan fingerprint density at radius 1 is 1.06 bits per heavy atom. The molecule has 2 rings (SSSR count). The molecule has 7 nitrogen and oxygen atoms in total. The standard InChI is InChI=1S/C24H33FN2O5S/c1-24(2,3)16-23(28)27(13-12-26(4)5)17-18-8-7-9-19(14-18)32-33(29,30)20-10-11-22(31-6)21(25)15-20/h7-11,14-15H,12-13,16-17H2,1-6H3. The number of hydrogen-bond donors (Lipinski definition) is 0. The first-order valence-corrected chi connectivity index (χ1v) is 12.0. The van der Waals surface area contributed by atoms with Gasteiger partial charge in [0, 0.05) is 26.1 Å². The summed E-state index contributed by atoms with van der Waals surface area (Å²) in [5.41, 5.74) is 0.574. The molecular weight excluding hydrogens is 447 g/mol. The minimum Gasteiger partial charge on any atom is -0.494 e. The number of carbonyl (C=O) groups excluding carboxylic acids is 1. The van der Waals surface area contributed by atoms with Crippen molar-refractivity contribution in [1.82, 2.24) is 9.80 Å². The first-order valence-electron chi connectivity index (χ1n) is 10.6. The van der Waals surface area contributed by atoms with Crippen LogP contribution in [-0.4, -0.2) is 58.4 Å². The third-order valence-corrected chi connectivity index (χ3v) is 5.98. The van der Waals surface area contributed by atoms with Crippen LogP contribution in [0.1, 0.15) is 32.8 Å². The summed E-state index contributed by atoms with van der Waals surface area (Å²) in [4.78, 5) is 16.3. The number of benzene rings is 2. The Labute approximate surface area is 196 Å². The van der Waals surface area contributed by atoms with Crippen LogP contribution in [0.15, 0.2) is 47.4 Å². The summed E-state index contributed by atoms with van der Waals surface area (Å²) in [6.45, 7) is 7.58. The van der Waals surface area contributed by atoms with Crippen LogP contribution in [0, 0.1) is 11.2 Å². The molecule has 0 aliphatic rings. The van der Waals surface area contributed by atoms with E-state index in [1.807, 2.05) is 39.8 Å². The second-order valence-corrected chi connectivity index (χ2v) is 10.9. The summed E-state index contributed by atoms with van der Waals surface area (Å²) in [7, 11) is 0.920. The Morgan fingerprint density at radius 2 is 1.76 bits per heavy atom. The largest absolute Gasteiger partial charge is 0.494 e. The molecule has 2 aromatic carbocycles. The maximum absolute atomic E-state index is 14.0. The fraction of sp³-hybridized carbons (Fsp3) is 0.458. The lowest BCUT2D eigenvalue weighted by Gasteiger charge is -2.28. The summed E-state index contributed by atoms with van der Waals surface area (Å²) in [6.07, 6.45) is 0.397. The fourth-order valence-electron chi connectivity index (χ4n) is 3.07. The summed E-state index contributed by atoms with van der Waals surface area (Å²) < 4.78 is 49.3. The molecule has 0 bridgehead atoms. The van der Waals surface area contributed by atoms with Crippen LogP contribution in [0.25, 0.3) is 0 Å². The lowest BCUT2D eigenvalue weighted by atomic mass is 9.91. The molecule has 0 spiro atoms. The van der Waals surface area contributed by atoms with Crippen molar-refractivity contribution in [3.05, 3.63) is 53.8 Å². The lowest BCUT2D eigenvalue weighted by Crippen LogP contribution is -2.37. The topological polar surface area (TPSA) is 76.2 Å². The van der Waals surface area contributed by atoms with E-state index in [1.54, 1.807) is 23.1 Å². The van der Waals surface area contributed by atoms with Crippen molar-refractivity contribution in [1.29, 1.82) is 0 Å². The van der Waals surface area contributed by atoms with E-state index in [4.69, 9.17) is 8.92 Å². The van der Waals surface area contributed by atoms with Gasteiger partial charge in [-0.3, -0.25) is 4.79 Å². The third kappa shape index (κ3) is 8.33. The quantitative estimate of drug-likeness (QED) is 0.480. The molecular formula is C24H33FN2O5S. The molecule has 182 valence electrons. The number of methoxy groups -OCH3 is 1. The second kappa shape index (κ2) is 11.0. The molecule has 0 aromatic heterocycles. The van der Waals surface area contributed by atoms with Crippen molar-refractivity contribution in [2.75, 3.05) is 34.3 Å². The molecule has 0 unspecified atom stereocenters. The summed E-state index contributed by atoms with van der Waals surface area (Å²) in [5.74, 6) is -0.755. The van der Waals surface area contributed by atoms with Crippen LogP contribution in [0.5, 0.6) is 11.5 Å². The van der Waals surface area contributed by atoms with E-state index in [-0.39, 0.29) is 27.7 Å². The predicted octanol–water partition coefficient (Wildman–Crippen LogP) is 3.93. The van der Waals surface area contributed by atoms with E-state index >= 15 is 0 Å². The Bertz CT molecular complexity index is 1060. The Morgan fingerprint density at radius 3 is 2.33 bits per heavy atom. The van der Waals surface area contributed by atoms with E-state index in [0.29, 0.717) is 26.1 Å². The molecule has 0 N–H and O–H groups in total. The smallest absolute Gasteiger partial charge is 0.339 e. The number of amides is 1. The van der Waals surface area contributed by atoms with Crippen molar-refractivity contribution < 1.29 is 26.5 Å². The zero-order valence-electron chi connectivity index (χ0n) is 20.1. The first kappa shape index (κ1) is 26.6. The highest BCUT2D eigenvalue weighted by atomic mass is 32.2. The highest BCUT2D eigenvalue weighted by Gasteiger charge is 2.23. The van der Waals surface area contributed by atoms with Gasteiger partial charge in [-0.1, -0.05) is 32.9 Å². The average Bonchev–Trinajstić information content (AvgIpc) is 2.69. The van der Waals surface area contributed by atoms with Gasteiger partial charge in [0.05, 0.1) is 7.11 Å². The molecule has 0 radical (unpaired) electrons. The molecule has 1 amide bonds. The molecule has 0 atom stereocenters.